The molecule has 4 heteroatoms. The Morgan fingerprint density at radius 3 is 3.07 bits per heavy atom. The van der Waals surface area contributed by atoms with Gasteiger partial charge in [0.05, 0.1) is 6.61 Å². The monoisotopic (exact) mass is 200 g/mol. The first-order chi connectivity index (χ1) is 6.72. The van der Waals surface area contributed by atoms with Crippen molar-refractivity contribution in [3.63, 3.8) is 0 Å². The van der Waals surface area contributed by atoms with Crippen LogP contribution in [0.15, 0.2) is 0 Å². The summed E-state index contributed by atoms with van der Waals surface area (Å²) in [6, 6.07) is 0.485. The smallest absolute Gasteiger partial charge is 0.221 e. The Morgan fingerprint density at radius 1 is 1.71 bits per heavy atom. The summed E-state index contributed by atoms with van der Waals surface area (Å²) in [5, 5.41) is 6.20. The normalized spacial score (nSPS) is 23.4. The maximum Gasteiger partial charge on any atom is 0.221 e. The Balaban J connectivity index is 2.14. The molecule has 2 unspecified atom stereocenters. The number of hydrogen-bond acceptors (Lipinski definition) is 3. The van der Waals surface area contributed by atoms with Gasteiger partial charge in [0.2, 0.25) is 5.91 Å². The summed E-state index contributed by atoms with van der Waals surface area (Å²) in [7, 11) is 1.64. The third kappa shape index (κ3) is 4.07. The van der Waals surface area contributed by atoms with Gasteiger partial charge in [-0.2, -0.15) is 0 Å². The van der Waals surface area contributed by atoms with Crippen molar-refractivity contribution in [2.24, 2.45) is 0 Å². The molecule has 0 spiro atoms. The Morgan fingerprint density at radius 2 is 2.50 bits per heavy atom. The summed E-state index contributed by atoms with van der Waals surface area (Å²) in [4.78, 5) is 11.5. The lowest BCUT2D eigenvalue weighted by Gasteiger charge is -2.15. The molecule has 1 aliphatic heterocycles. The van der Waals surface area contributed by atoms with E-state index in [9.17, 15) is 4.79 Å². The summed E-state index contributed by atoms with van der Waals surface area (Å²) in [5.41, 5.74) is 0. The molecule has 2 atom stereocenters. The van der Waals surface area contributed by atoms with Crippen molar-refractivity contribution < 1.29 is 9.53 Å². The molecule has 0 aromatic carbocycles. The average molecular weight is 200 g/mol. The lowest BCUT2D eigenvalue weighted by molar-refractivity contribution is -0.122. The molecule has 4 nitrogen and oxygen atoms in total. The van der Waals surface area contributed by atoms with Crippen LogP contribution in [0.3, 0.4) is 0 Å². The molecule has 1 rings (SSSR count). The fourth-order valence-corrected chi connectivity index (χ4v) is 1.78. The first kappa shape index (κ1) is 11.5. The Bertz CT molecular complexity index is 179. The van der Waals surface area contributed by atoms with Crippen LogP contribution in [0.2, 0.25) is 0 Å². The first-order valence-electron chi connectivity index (χ1n) is 5.24. The van der Waals surface area contributed by atoms with Crippen molar-refractivity contribution in [3.8, 4) is 0 Å². The molecular weight excluding hydrogens is 180 g/mol. The van der Waals surface area contributed by atoms with Gasteiger partial charge < -0.3 is 15.4 Å². The summed E-state index contributed by atoms with van der Waals surface area (Å²) in [6.07, 6.45) is 2.89. The van der Waals surface area contributed by atoms with E-state index in [0.29, 0.717) is 19.1 Å². The third-order valence-electron chi connectivity index (χ3n) is 2.42. The fraction of sp³-hybridized carbons (Fsp3) is 0.900. The van der Waals surface area contributed by atoms with Crippen molar-refractivity contribution in [1.82, 2.24) is 10.6 Å². The zero-order valence-corrected chi connectivity index (χ0v) is 9.01. The van der Waals surface area contributed by atoms with Crippen LogP contribution < -0.4 is 10.6 Å². The Hall–Kier alpha value is -0.610. The molecular formula is C10H20N2O2. The molecule has 0 aromatic heterocycles. The SMILES string of the molecule is COCC(C)NC(=O)CC1CCCN1. The quantitative estimate of drug-likeness (QED) is 0.670. The Kier molecular flexibility index (Phi) is 4.90. The second-order valence-corrected chi connectivity index (χ2v) is 3.92. The van der Waals surface area contributed by atoms with Gasteiger partial charge in [0, 0.05) is 25.6 Å². The van der Waals surface area contributed by atoms with Crippen LogP contribution in [0.5, 0.6) is 0 Å². The molecule has 1 aliphatic rings. The first-order valence-corrected chi connectivity index (χ1v) is 5.24. The predicted molar refractivity (Wildman–Crippen MR) is 55.1 cm³/mol. The lowest BCUT2D eigenvalue weighted by atomic mass is 10.1. The van der Waals surface area contributed by atoms with Crippen LogP contribution >= 0.6 is 0 Å². The Labute approximate surface area is 85.4 Å². The van der Waals surface area contributed by atoms with Gasteiger partial charge in [-0.25, -0.2) is 0 Å². The number of amides is 1. The highest BCUT2D eigenvalue weighted by Crippen LogP contribution is 2.08. The number of methoxy groups -OCH3 is 1. The van der Waals surface area contributed by atoms with Crippen LogP contribution in [0, 0.1) is 0 Å². The van der Waals surface area contributed by atoms with Gasteiger partial charge in [0.1, 0.15) is 0 Å². The summed E-state index contributed by atoms with van der Waals surface area (Å²) in [5.74, 6) is 0.119. The standard InChI is InChI=1S/C10H20N2O2/c1-8(7-14-2)12-10(13)6-9-4-3-5-11-9/h8-9,11H,3-7H2,1-2H3,(H,12,13). The van der Waals surface area contributed by atoms with Crippen molar-refractivity contribution in [3.05, 3.63) is 0 Å². The van der Waals surface area contributed by atoms with E-state index in [-0.39, 0.29) is 11.9 Å². The molecule has 0 aromatic rings. The van der Waals surface area contributed by atoms with E-state index >= 15 is 0 Å². The van der Waals surface area contributed by atoms with Crippen LogP contribution in [0.25, 0.3) is 0 Å². The molecule has 2 N–H and O–H groups in total. The summed E-state index contributed by atoms with van der Waals surface area (Å²) < 4.78 is 4.94. The number of carbonyl (C=O) groups is 1. The molecule has 0 aliphatic carbocycles. The van der Waals surface area contributed by atoms with Gasteiger partial charge >= 0.3 is 0 Å². The molecule has 1 heterocycles. The zero-order valence-electron chi connectivity index (χ0n) is 9.01. The van der Waals surface area contributed by atoms with E-state index in [2.05, 4.69) is 10.6 Å². The van der Waals surface area contributed by atoms with E-state index < -0.39 is 0 Å². The van der Waals surface area contributed by atoms with Crippen LogP contribution in [-0.2, 0) is 9.53 Å². The van der Waals surface area contributed by atoms with Gasteiger partial charge in [-0.3, -0.25) is 4.79 Å². The average Bonchev–Trinajstić information content (AvgIpc) is 2.56. The molecule has 1 saturated heterocycles. The van der Waals surface area contributed by atoms with Gasteiger partial charge in [0.15, 0.2) is 0 Å². The number of rotatable bonds is 5. The molecule has 82 valence electrons. The highest BCUT2D eigenvalue weighted by Gasteiger charge is 2.18. The molecule has 0 radical (unpaired) electrons. The molecule has 1 amide bonds. The number of hydrogen-bond donors (Lipinski definition) is 2. The van der Waals surface area contributed by atoms with Gasteiger partial charge in [0.25, 0.3) is 0 Å². The largest absolute Gasteiger partial charge is 0.383 e. The minimum absolute atomic E-state index is 0.105. The van der Waals surface area contributed by atoms with Crippen molar-refractivity contribution in [2.45, 2.75) is 38.3 Å². The van der Waals surface area contributed by atoms with E-state index in [1.165, 1.54) is 6.42 Å². The van der Waals surface area contributed by atoms with Crippen LogP contribution in [-0.4, -0.2) is 38.3 Å². The summed E-state index contributed by atoms with van der Waals surface area (Å²) in [6.45, 7) is 3.57. The summed E-state index contributed by atoms with van der Waals surface area (Å²) >= 11 is 0. The number of nitrogens with one attached hydrogen (secondary N) is 2. The van der Waals surface area contributed by atoms with E-state index in [1.807, 2.05) is 6.92 Å². The van der Waals surface area contributed by atoms with Crippen molar-refractivity contribution >= 4 is 5.91 Å². The van der Waals surface area contributed by atoms with E-state index in [0.717, 1.165) is 13.0 Å². The maximum atomic E-state index is 11.5. The molecule has 14 heavy (non-hydrogen) atoms. The second-order valence-electron chi connectivity index (χ2n) is 3.92. The number of carbonyl (C=O) groups excluding carboxylic acids is 1. The molecule has 1 fully saturated rings. The second kappa shape index (κ2) is 5.98. The third-order valence-corrected chi connectivity index (χ3v) is 2.42. The highest BCUT2D eigenvalue weighted by atomic mass is 16.5. The van der Waals surface area contributed by atoms with Gasteiger partial charge in [-0.1, -0.05) is 0 Å². The van der Waals surface area contributed by atoms with Crippen molar-refractivity contribution in [1.29, 1.82) is 0 Å². The van der Waals surface area contributed by atoms with E-state index in [4.69, 9.17) is 4.74 Å². The predicted octanol–water partition coefficient (Wildman–Crippen LogP) is 0.280. The minimum Gasteiger partial charge on any atom is -0.383 e. The number of ether oxygens (including phenoxy) is 1. The lowest BCUT2D eigenvalue weighted by Crippen LogP contribution is -2.38. The van der Waals surface area contributed by atoms with Crippen LogP contribution in [0.1, 0.15) is 26.2 Å². The van der Waals surface area contributed by atoms with E-state index in [1.54, 1.807) is 7.11 Å². The zero-order chi connectivity index (χ0) is 10.4. The highest BCUT2D eigenvalue weighted by molar-refractivity contribution is 5.76. The molecule has 0 saturated carbocycles. The maximum absolute atomic E-state index is 11.5. The minimum atomic E-state index is 0.105. The topological polar surface area (TPSA) is 50.4 Å². The fourth-order valence-electron chi connectivity index (χ4n) is 1.78. The van der Waals surface area contributed by atoms with Gasteiger partial charge in [-0.05, 0) is 26.3 Å². The molecule has 0 bridgehead atoms. The van der Waals surface area contributed by atoms with Crippen molar-refractivity contribution in [2.75, 3.05) is 20.3 Å². The van der Waals surface area contributed by atoms with Gasteiger partial charge in [-0.15, -0.1) is 0 Å². The van der Waals surface area contributed by atoms with Crippen LogP contribution in [0.4, 0.5) is 0 Å².